The van der Waals surface area contributed by atoms with E-state index in [1.165, 1.54) is 5.56 Å². The van der Waals surface area contributed by atoms with E-state index in [2.05, 4.69) is 4.98 Å². The van der Waals surface area contributed by atoms with Crippen LogP contribution in [0.1, 0.15) is 12.0 Å². The Labute approximate surface area is 130 Å². The maximum atomic E-state index is 12.4. The van der Waals surface area contributed by atoms with E-state index in [1.807, 2.05) is 67.2 Å². The molecule has 3 rings (SSSR count). The van der Waals surface area contributed by atoms with Crippen LogP contribution in [0.4, 0.5) is 5.69 Å². The number of imidazole rings is 1. The fourth-order valence-electron chi connectivity index (χ4n) is 2.54. The molecular formula is C18H19N3O. The van der Waals surface area contributed by atoms with Gasteiger partial charge in [-0.2, -0.15) is 0 Å². The van der Waals surface area contributed by atoms with Crippen LogP contribution in [0.25, 0.3) is 11.0 Å². The van der Waals surface area contributed by atoms with E-state index in [1.54, 1.807) is 11.2 Å². The summed E-state index contributed by atoms with van der Waals surface area (Å²) < 4.78 is 1.97. The minimum atomic E-state index is 0.110. The molecule has 0 saturated heterocycles. The van der Waals surface area contributed by atoms with Crippen LogP contribution in [-0.2, 0) is 18.3 Å². The minimum absolute atomic E-state index is 0.110. The second kappa shape index (κ2) is 6.02. The summed E-state index contributed by atoms with van der Waals surface area (Å²) in [7, 11) is 3.78. The third-order valence-corrected chi connectivity index (χ3v) is 3.94. The molecule has 1 aromatic heterocycles. The van der Waals surface area contributed by atoms with E-state index in [4.69, 9.17) is 0 Å². The van der Waals surface area contributed by atoms with Crippen LogP contribution in [0.15, 0.2) is 54.9 Å². The first-order valence-corrected chi connectivity index (χ1v) is 7.37. The number of carbonyl (C=O) groups is 1. The summed E-state index contributed by atoms with van der Waals surface area (Å²) in [6.45, 7) is 0. The van der Waals surface area contributed by atoms with Crippen molar-refractivity contribution in [1.82, 2.24) is 9.55 Å². The van der Waals surface area contributed by atoms with Crippen LogP contribution < -0.4 is 4.90 Å². The highest BCUT2D eigenvalue weighted by Crippen LogP contribution is 2.21. The lowest BCUT2D eigenvalue weighted by atomic mass is 10.1. The zero-order chi connectivity index (χ0) is 15.5. The molecule has 3 aromatic rings. The van der Waals surface area contributed by atoms with Gasteiger partial charge in [0.25, 0.3) is 0 Å². The van der Waals surface area contributed by atoms with Gasteiger partial charge in [-0.25, -0.2) is 4.98 Å². The van der Waals surface area contributed by atoms with Gasteiger partial charge in [-0.3, -0.25) is 4.79 Å². The first-order chi connectivity index (χ1) is 10.6. The SMILES string of the molecule is CN(C(=O)CCc1ccccc1)c1ccc2c(c1)ncn2C. The largest absolute Gasteiger partial charge is 0.334 e. The molecule has 1 amide bonds. The van der Waals surface area contributed by atoms with Crippen LogP contribution in [0, 0.1) is 0 Å². The highest BCUT2D eigenvalue weighted by atomic mass is 16.2. The summed E-state index contributed by atoms with van der Waals surface area (Å²) in [4.78, 5) is 18.4. The lowest BCUT2D eigenvalue weighted by Gasteiger charge is -2.17. The fourth-order valence-corrected chi connectivity index (χ4v) is 2.54. The number of benzene rings is 2. The van der Waals surface area contributed by atoms with Crippen molar-refractivity contribution in [2.24, 2.45) is 7.05 Å². The van der Waals surface area contributed by atoms with Gasteiger partial charge in [0.15, 0.2) is 0 Å². The average molecular weight is 293 g/mol. The summed E-state index contributed by atoms with van der Waals surface area (Å²) in [5.74, 6) is 0.110. The Morgan fingerprint density at radius 2 is 1.95 bits per heavy atom. The molecule has 1 heterocycles. The quantitative estimate of drug-likeness (QED) is 0.741. The molecule has 0 spiro atoms. The Morgan fingerprint density at radius 3 is 2.73 bits per heavy atom. The topological polar surface area (TPSA) is 38.1 Å². The van der Waals surface area contributed by atoms with E-state index in [0.717, 1.165) is 23.1 Å². The first-order valence-electron chi connectivity index (χ1n) is 7.37. The number of amides is 1. The normalized spacial score (nSPS) is 10.8. The van der Waals surface area contributed by atoms with E-state index >= 15 is 0 Å². The van der Waals surface area contributed by atoms with Crippen LogP contribution in [-0.4, -0.2) is 22.5 Å². The molecule has 0 aliphatic carbocycles. The lowest BCUT2D eigenvalue weighted by Crippen LogP contribution is -2.26. The van der Waals surface area contributed by atoms with Gasteiger partial charge < -0.3 is 9.47 Å². The predicted molar refractivity (Wildman–Crippen MR) is 88.9 cm³/mol. The standard InChI is InChI=1S/C18H19N3O/c1-20-13-19-16-12-15(9-10-17(16)20)21(2)18(22)11-8-14-6-4-3-5-7-14/h3-7,9-10,12-13H,8,11H2,1-2H3. The molecule has 0 radical (unpaired) electrons. The van der Waals surface area contributed by atoms with Crippen molar-refractivity contribution in [2.45, 2.75) is 12.8 Å². The van der Waals surface area contributed by atoms with Gasteiger partial charge >= 0.3 is 0 Å². The molecule has 0 atom stereocenters. The summed E-state index contributed by atoms with van der Waals surface area (Å²) in [6, 6.07) is 16.0. The summed E-state index contributed by atoms with van der Waals surface area (Å²) in [5.41, 5.74) is 4.03. The number of rotatable bonds is 4. The molecule has 0 bridgehead atoms. The Balaban J connectivity index is 1.71. The van der Waals surface area contributed by atoms with Gasteiger partial charge in [-0.15, -0.1) is 0 Å². The van der Waals surface area contributed by atoms with Gasteiger partial charge in [-0.1, -0.05) is 30.3 Å². The van der Waals surface area contributed by atoms with Crippen molar-refractivity contribution in [3.63, 3.8) is 0 Å². The molecule has 0 N–H and O–H groups in total. The second-order valence-electron chi connectivity index (χ2n) is 5.47. The zero-order valence-electron chi connectivity index (χ0n) is 12.9. The summed E-state index contributed by atoms with van der Waals surface area (Å²) in [5, 5.41) is 0. The Kier molecular flexibility index (Phi) is 3.92. The Hall–Kier alpha value is -2.62. The maximum Gasteiger partial charge on any atom is 0.227 e. The average Bonchev–Trinajstić information content (AvgIpc) is 2.93. The number of fused-ring (bicyclic) bond motifs is 1. The van der Waals surface area contributed by atoms with Crippen molar-refractivity contribution >= 4 is 22.6 Å². The van der Waals surface area contributed by atoms with Crippen molar-refractivity contribution in [2.75, 3.05) is 11.9 Å². The number of anilines is 1. The van der Waals surface area contributed by atoms with Crippen LogP contribution >= 0.6 is 0 Å². The van der Waals surface area contributed by atoms with Crippen LogP contribution in [0.3, 0.4) is 0 Å². The van der Waals surface area contributed by atoms with Gasteiger partial charge in [0.1, 0.15) is 0 Å². The number of carbonyl (C=O) groups excluding carboxylic acids is 1. The number of aryl methyl sites for hydroxylation is 2. The zero-order valence-corrected chi connectivity index (χ0v) is 12.9. The Morgan fingerprint density at radius 1 is 1.18 bits per heavy atom. The molecule has 112 valence electrons. The van der Waals surface area contributed by atoms with Crippen molar-refractivity contribution < 1.29 is 4.79 Å². The first kappa shape index (κ1) is 14.3. The molecule has 0 aliphatic heterocycles. The second-order valence-corrected chi connectivity index (χ2v) is 5.47. The highest BCUT2D eigenvalue weighted by molar-refractivity contribution is 5.95. The number of hydrogen-bond donors (Lipinski definition) is 0. The van der Waals surface area contributed by atoms with E-state index in [9.17, 15) is 4.79 Å². The number of hydrogen-bond acceptors (Lipinski definition) is 2. The molecule has 0 saturated carbocycles. The Bertz CT molecular complexity index is 792. The fraction of sp³-hybridized carbons (Fsp3) is 0.222. The lowest BCUT2D eigenvalue weighted by molar-refractivity contribution is -0.118. The third kappa shape index (κ3) is 2.86. The smallest absolute Gasteiger partial charge is 0.227 e. The maximum absolute atomic E-state index is 12.4. The molecule has 0 unspecified atom stereocenters. The number of nitrogens with zero attached hydrogens (tertiary/aromatic N) is 3. The summed E-state index contributed by atoms with van der Waals surface area (Å²) in [6.07, 6.45) is 3.04. The van der Waals surface area contributed by atoms with Gasteiger partial charge in [-0.05, 0) is 30.2 Å². The van der Waals surface area contributed by atoms with E-state index in [0.29, 0.717) is 6.42 Å². The van der Waals surface area contributed by atoms with Crippen molar-refractivity contribution in [3.05, 3.63) is 60.4 Å². The third-order valence-electron chi connectivity index (χ3n) is 3.94. The molecular weight excluding hydrogens is 274 g/mol. The van der Waals surface area contributed by atoms with Crippen LogP contribution in [0.2, 0.25) is 0 Å². The molecule has 22 heavy (non-hydrogen) atoms. The van der Waals surface area contributed by atoms with Gasteiger partial charge in [0, 0.05) is 26.2 Å². The number of aromatic nitrogens is 2. The molecule has 4 heteroatoms. The predicted octanol–water partition coefficient (Wildman–Crippen LogP) is 3.17. The molecule has 4 nitrogen and oxygen atoms in total. The van der Waals surface area contributed by atoms with Gasteiger partial charge in [0.05, 0.1) is 17.4 Å². The van der Waals surface area contributed by atoms with Crippen LogP contribution in [0.5, 0.6) is 0 Å². The van der Waals surface area contributed by atoms with E-state index in [-0.39, 0.29) is 5.91 Å². The van der Waals surface area contributed by atoms with Gasteiger partial charge in [0.2, 0.25) is 5.91 Å². The van der Waals surface area contributed by atoms with Crippen molar-refractivity contribution in [3.8, 4) is 0 Å². The minimum Gasteiger partial charge on any atom is -0.334 e. The highest BCUT2D eigenvalue weighted by Gasteiger charge is 2.12. The summed E-state index contributed by atoms with van der Waals surface area (Å²) >= 11 is 0. The molecule has 2 aromatic carbocycles. The molecule has 0 aliphatic rings. The monoisotopic (exact) mass is 293 g/mol. The molecule has 0 fully saturated rings. The van der Waals surface area contributed by atoms with E-state index < -0.39 is 0 Å². The van der Waals surface area contributed by atoms with Crippen molar-refractivity contribution in [1.29, 1.82) is 0 Å².